The lowest BCUT2D eigenvalue weighted by molar-refractivity contribution is 0.490. The second kappa shape index (κ2) is 11.7. The molecule has 0 bridgehead atoms. The molecule has 0 saturated heterocycles. The Kier molecular flexibility index (Phi) is 6.90. The molecule has 0 aromatic heterocycles. The normalized spacial score (nSPS) is 16.9. The molecule has 0 fully saturated rings. The Morgan fingerprint density at radius 3 is 1.75 bits per heavy atom. The van der Waals surface area contributed by atoms with E-state index < -0.39 is 0 Å². The van der Waals surface area contributed by atoms with Gasteiger partial charge in [0.25, 0.3) is 0 Å². The van der Waals surface area contributed by atoms with Crippen molar-refractivity contribution in [2.75, 3.05) is 0 Å². The van der Waals surface area contributed by atoms with Crippen molar-refractivity contribution in [3.63, 3.8) is 0 Å². The molecule has 0 heterocycles. The monoisotopic (exact) mass is 652 g/mol. The number of rotatable bonds is 6. The zero-order valence-corrected chi connectivity index (χ0v) is 29.3. The number of fused-ring (bicyclic) bond motifs is 3. The average Bonchev–Trinajstić information content (AvgIpc) is 3.49. The van der Waals surface area contributed by atoms with Gasteiger partial charge in [0.2, 0.25) is 0 Å². The van der Waals surface area contributed by atoms with Gasteiger partial charge >= 0.3 is 0 Å². The summed E-state index contributed by atoms with van der Waals surface area (Å²) in [5, 5.41) is 0. The first-order chi connectivity index (χ1) is 25.1. The predicted molar refractivity (Wildman–Crippen MR) is 216 cm³/mol. The first-order valence-corrected chi connectivity index (χ1v) is 18.6. The van der Waals surface area contributed by atoms with Crippen LogP contribution in [0.15, 0.2) is 169 Å². The summed E-state index contributed by atoms with van der Waals surface area (Å²) in [6, 6.07) is 48.1. The minimum atomic E-state index is 0.0930. The van der Waals surface area contributed by atoms with Gasteiger partial charge < -0.3 is 0 Å². The molecule has 0 amide bonds. The highest BCUT2D eigenvalue weighted by atomic mass is 14.4. The molecule has 0 N–H and O–H groups in total. The Bertz CT molecular complexity index is 2470. The minimum Gasteiger partial charge on any atom is -0.0759 e. The van der Waals surface area contributed by atoms with Gasteiger partial charge in [-0.3, -0.25) is 0 Å². The van der Waals surface area contributed by atoms with Crippen molar-refractivity contribution in [1.29, 1.82) is 0 Å². The van der Waals surface area contributed by atoms with Gasteiger partial charge in [0, 0.05) is 11.3 Å². The molecule has 4 aliphatic carbocycles. The third-order valence-electron chi connectivity index (χ3n) is 12.4. The average molecular weight is 653 g/mol. The van der Waals surface area contributed by atoms with Gasteiger partial charge in [-0.25, -0.2) is 0 Å². The molecule has 0 spiro atoms. The zero-order valence-electron chi connectivity index (χ0n) is 29.3. The molecular formula is C51H40. The lowest BCUT2D eigenvalue weighted by Gasteiger charge is -2.34. The topological polar surface area (TPSA) is 0 Å². The fraction of sp³-hybridized carbons (Fsp3) is 0.137. The van der Waals surface area contributed by atoms with Crippen molar-refractivity contribution in [1.82, 2.24) is 0 Å². The van der Waals surface area contributed by atoms with Crippen LogP contribution in [0.4, 0.5) is 0 Å². The smallest absolute Gasteiger partial charge is 0.0345 e. The summed E-state index contributed by atoms with van der Waals surface area (Å²) in [6.07, 6.45) is 17.0. The van der Waals surface area contributed by atoms with Crippen LogP contribution in [0.25, 0.3) is 61.7 Å². The Hall–Kier alpha value is -5.72. The lowest BCUT2D eigenvalue weighted by Crippen LogP contribution is -2.23. The molecule has 244 valence electrons. The van der Waals surface area contributed by atoms with Crippen LogP contribution in [0.5, 0.6) is 0 Å². The zero-order chi connectivity index (χ0) is 34.1. The van der Waals surface area contributed by atoms with Crippen molar-refractivity contribution in [2.45, 2.75) is 44.4 Å². The number of hydrogen-bond donors (Lipinski definition) is 0. The van der Waals surface area contributed by atoms with Gasteiger partial charge in [-0.15, -0.1) is 0 Å². The fourth-order valence-corrected chi connectivity index (χ4v) is 9.59. The molecule has 6 aromatic carbocycles. The molecule has 0 heteroatoms. The first kappa shape index (κ1) is 30.1. The molecule has 0 aliphatic heterocycles. The van der Waals surface area contributed by atoms with Crippen molar-refractivity contribution >= 4 is 6.08 Å². The van der Waals surface area contributed by atoms with E-state index in [1.807, 2.05) is 0 Å². The highest BCUT2D eigenvalue weighted by Gasteiger charge is 2.40. The molecule has 51 heavy (non-hydrogen) atoms. The van der Waals surface area contributed by atoms with Gasteiger partial charge in [-0.1, -0.05) is 172 Å². The molecule has 10 rings (SSSR count). The summed E-state index contributed by atoms with van der Waals surface area (Å²) in [7, 11) is 0. The van der Waals surface area contributed by atoms with Gasteiger partial charge in [0.05, 0.1) is 0 Å². The molecule has 0 saturated carbocycles. The molecule has 1 unspecified atom stereocenters. The van der Waals surface area contributed by atoms with Gasteiger partial charge in [-0.05, 0) is 120 Å². The summed E-state index contributed by atoms with van der Waals surface area (Å²) in [5.41, 5.74) is 23.3. The number of benzene rings is 6. The summed E-state index contributed by atoms with van der Waals surface area (Å²) in [6.45, 7) is 4.68. The van der Waals surface area contributed by atoms with E-state index in [9.17, 15) is 0 Å². The van der Waals surface area contributed by atoms with Crippen LogP contribution in [0.2, 0.25) is 0 Å². The Morgan fingerprint density at radius 1 is 0.510 bits per heavy atom. The summed E-state index contributed by atoms with van der Waals surface area (Å²) in [4.78, 5) is 0. The Morgan fingerprint density at radius 2 is 1.08 bits per heavy atom. The molecular weight excluding hydrogens is 613 g/mol. The second-order valence-corrected chi connectivity index (χ2v) is 14.6. The van der Waals surface area contributed by atoms with Crippen molar-refractivity contribution < 1.29 is 0 Å². The lowest BCUT2D eigenvalue weighted by atomic mass is 9.70. The van der Waals surface area contributed by atoms with Crippen molar-refractivity contribution in [2.24, 2.45) is 0 Å². The maximum atomic E-state index is 2.46. The van der Waals surface area contributed by atoms with Crippen LogP contribution in [0.1, 0.15) is 60.4 Å². The Labute approximate surface area is 301 Å². The SMILES string of the molecule is CCC1(CC)c2ccccc2-c2ccc(-c3ccc(-c4ccc(-c5ccc(-c6ccc7c8c6CC=C6C=CC=C(C=C7)C68)cc5)cc4)cc3)cc21. The molecule has 0 nitrogen and oxygen atoms in total. The third kappa shape index (κ3) is 4.59. The first-order valence-electron chi connectivity index (χ1n) is 18.6. The highest BCUT2D eigenvalue weighted by Crippen LogP contribution is 2.53. The van der Waals surface area contributed by atoms with E-state index in [1.54, 1.807) is 0 Å². The van der Waals surface area contributed by atoms with E-state index in [4.69, 9.17) is 0 Å². The molecule has 1 atom stereocenters. The predicted octanol–water partition coefficient (Wildman–Crippen LogP) is 13.5. The molecule has 4 aliphatic rings. The van der Waals surface area contributed by atoms with E-state index in [0.717, 1.165) is 19.3 Å². The minimum absolute atomic E-state index is 0.0930. The van der Waals surface area contributed by atoms with Crippen LogP contribution in [0.3, 0.4) is 0 Å². The Balaban J connectivity index is 0.893. The summed E-state index contributed by atoms with van der Waals surface area (Å²) in [5.74, 6) is 0.382. The van der Waals surface area contributed by atoms with Crippen LogP contribution in [-0.4, -0.2) is 0 Å². The quantitative estimate of drug-likeness (QED) is 0.168. The second-order valence-electron chi connectivity index (χ2n) is 14.6. The summed E-state index contributed by atoms with van der Waals surface area (Å²) < 4.78 is 0. The number of hydrogen-bond acceptors (Lipinski definition) is 0. The molecule has 6 aromatic rings. The van der Waals surface area contributed by atoms with Crippen LogP contribution >= 0.6 is 0 Å². The van der Waals surface area contributed by atoms with E-state index in [-0.39, 0.29) is 5.41 Å². The van der Waals surface area contributed by atoms with Gasteiger partial charge in [-0.2, -0.15) is 0 Å². The van der Waals surface area contributed by atoms with Crippen molar-refractivity contribution in [3.05, 3.63) is 197 Å². The third-order valence-corrected chi connectivity index (χ3v) is 12.4. The van der Waals surface area contributed by atoms with Gasteiger partial charge in [0.15, 0.2) is 0 Å². The van der Waals surface area contributed by atoms with Crippen LogP contribution in [0, 0.1) is 0 Å². The maximum absolute atomic E-state index is 2.46. The maximum Gasteiger partial charge on any atom is 0.0345 e. The fourth-order valence-electron chi connectivity index (χ4n) is 9.59. The summed E-state index contributed by atoms with van der Waals surface area (Å²) >= 11 is 0. The van der Waals surface area contributed by atoms with Crippen LogP contribution in [-0.2, 0) is 11.8 Å². The van der Waals surface area contributed by atoms with E-state index >= 15 is 0 Å². The largest absolute Gasteiger partial charge is 0.0759 e. The van der Waals surface area contributed by atoms with E-state index in [2.05, 4.69) is 178 Å². The van der Waals surface area contributed by atoms with Crippen molar-refractivity contribution in [3.8, 4) is 55.6 Å². The standard InChI is InChI=1S/C51H40/c1-3-51(4-2)47-11-6-5-10-44(47)45-30-28-42(32-48(45)51)37-18-16-35(17-19-37)33-12-14-34(15-13-33)36-20-22-38(23-21-36)43-29-26-41-25-24-39-8-7-9-40-27-31-46(43)50(41)49(39)40/h5-30,32,49H,3-4,31H2,1-2H3. The van der Waals surface area contributed by atoms with E-state index in [0.29, 0.717) is 5.92 Å². The molecule has 0 radical (unpaired) electrons. The van der Waals surface area contributed by atoms with Crippen LogP contribution < -0.4 is 0 Å². The van der Waals surface area contributed by atoms with Gasteiger partial charge in [0.1, 0.15) is 0 Å². The number of allylic oxidation sites excluding steroid dienone is 7. The highest BCUT2D eigenvalue weighted by molar-refractivity contribution is 5.85. The van der Waals surface area contributed by atoms with E-state index in [1.165, 1.54) is 94.6 Å².